The molecule has 1 aromatic carbocycles. The Morgan fingerprint density at radius 3 is 2.28 bits per heavy atom. The van der Waals surface area contributed by atoms with E-state index in [-0.39, 0.29) is 18.9 Å². The van der Waals surface area contributed by atoms with Gasteiger partial charge in [-0.15, -0.1) is 0 Å². The SMILES string of the molecule is CCCN(CC(=O)NCC(=O)c1ccc(Br)cc1)C(=O)OC(C)(C)C. The van der Waals surface area contributed by atoms with Crippen LogP contribution in [0, 0.1) is 0 Å². The predicted octanol–water partition coefficient (Wildman–Crippen LogP) is 3.40. The van der Waals surface area contributed by atoms with Gasteiger partial charge in [-0.1, -0.05) is 35.0 Å². The molecule has 0 bridgehead atoms. The molecule has 25 heavy (non-hydrogen) atoms. The molecule has 0 aliphatic rings. The average molecular weight is 413 g/mol. The second-order valence-electron chi connectivity index (χ2n) is 6.61. The number of nitrogens with zero attached hydrogens (tertiary/aromatic N) is 1. The van der Waals surface area contributed by atoms with E-state index < -0.39 is 17.6 Å². The fourth-order valence-corrected chi connectivity index (χ4v) is 2.24. The Morgan fingerprint density at radius 1 is 1.16 bits per heavy atom. The lowest BCUT2D eigenvalue weighted by molar-refractivity contribution is -0.122. The predicted molar refractivity (Wildman–Crippen MR) is 99.6 cm³/mol. The van der Waals surface area contributed by atoms with Gasteiger partial charge in [-0.05, 0) is 39.3 Å². The fraction of sp³-hybridized carbons (Fsp3) is 0.500. The van der Waals surface area contributed by atoms with Crippen LogP contribution in [0.15, 0.2) is 28.7 Å². The fourth-order valence-electron chi connectivity index (χ4n) is 1.98. The molecular weight excluding hydrogens is 388 g/mol. The summed E-state index contributed by atoms with van der Waals surface area (Å²) in [6.07, 6.45) is 0.161. The Hall–Kier alpha value is -1.89. The van der Waals surface area contributed by atoms with Gasteiger partial charge in [0, 0.05) is 16.6 Å². The number of carbonyl (C=O) groups excluding carboxylic acids is 3. The minimum absolute atomic E-state index is 0.116. The molecule has 0 radical (unpaired) electrons. The van der Waals surface area contributed by atoms with E-state index >= 15 is 0 Å². The van der Waals surface area contributed by atoms with Crippen molar-refractivity contribution in [2.45, 2.75) is 39.7 Å². The van der Waals surface area contributed by atoms with Gasteiger partial charge in [0.25, 0.3) is 0 Å². The van der Waals surface area contributed by atoms with Gasteiger partial charge in [-0.25, -0.2) is 4.79 Å². The molecule has 0 aromatic heterocycles. The summed E-state index contributed by atoms with van der Waals surface area (Å²) in [5.74, 6) is -0.593. The van der Waals surface area contributed by atoms with Crippen molar-refractivity contribution in [3.63, 3.8) is 0 Å². The standard InChI is InChI=1S/C18H25BrN2O4/c1-5-10-21(17(24)25-18(2,3)4)12-16(23)20-11-15(22)13-6-8-14(19)9-7-13/h6-9H,5,10-12H2,1-4H3,(H,20,23). The van der Waals surface area contributed by atoms with Crippen LogP contribution < -0.4 is 5.32 Å². The van der Waals surface area contributed by atoms with Crippen molar-refractivity contribution in [2.24, 2.45) is 0 Å². The largest absolute Gasteiger partial charge is 0.444 e. The van der Waals surface area contributed by atoms with Crippen LogP contribution in [0.4, 0.5) is 4.79 Å². The molecule has 6 nitrogen and oxygen atoms in total. The lowest BCUT2D eigenvalue weighted by Gasteiger charge is -2.26. The maximum atomic E-state index is 12.1. The zero-order chi connectivity index (χ0) is 19.0. The number of benzene rings is 1. The number of nitrogens with one attached hydrogen (secondary N) is 1. The number of rotatable bonds is 7. The second-order valence-corrected chi connectivity index (χ2v) is 7.52. The van der Waals surface area contributed by atoms with Gasteiger partial charge in [-0.2, -0.15) is 0 Å². The lowest BCUT2D eigenvalue weighted by atomic mass is 10.1. The molecule has 0 saturated heterocycles. The van der Waals surface area contributed by atoms with E-state index in [0.717, 1.165) is 4.47 Å². The first-order chi connectivity index (χ1) is 11.6. The number of Topliss-reactive ketones (excluding diaryl/α,β-unsaturated/α-hetero) is 1. The number of halogens is 1. The van der Waals surface area contributed by atoms with Crippen LogP contribution in [-0.2, 0) is 9.53 Å². The van der Waals surface area contributed by atoms with E-state index in [0.29, 0.717) is 18.5 Å². The van der Waals surface area contributed by atoms with Crippen molar-refractivity contribution in [2.75, 3.05) is 19.6 Å². The summed E-state index contributed by atoms with van der Waals surface area (Å²) in [6.45, 7) is 7.37. The molecule has 0 unspecified atom stereocenters. The highest BCUT2D eigenvalue weighted by Gasteiger charge is 2.23. The van der Waals surface area contributed by atoms with E-state index in [1.54, 1.807) is 45.0 Å². The van der Waals surface area contributed by atoms with Crippen LogP contribution in [0.3, 0.4) is 0 Å². The normalized spacial score (nSPS) is 10.9. The van der Waals surface area contributed by atoms with Crippen molar-refractivity contribution in [1.29, 1.82) is 0 Å². The van der Waals surface area contributed by atoms with Crippen LogP contribution in [-0.4, -0.2) is 47.9 Å². The summed E-state index contributed by atoms with van der Waals surface area (Å²) in [4.78, 5) is 37.6. The van der Waals surface area contributed by atoms with Crippen LogP contribution in [0.5, 0.6) is 0 Å². The minimum Gasteiger partial charge on any atom is -0.444 e. The van der Waals surface area contributed by atoms with E-state index in [1.807, 2.05) is 6.92 Å². The maximum absolute atomic E-state index is 12.1. The highest BCUT2D eigenvalue weighted by Crippen LogP contribution is 2.11. The quantitative estimate of drug-likeness (QED) is 0.696. The molecular formula is C18H25BrN2O4. The monoisotopic (exact) mass is 412 g/mol. The Balaban J connectivity index is 2.55. The summed E-state index contributed by atoms with van der Waals surface area (Å²) < 4.78 is 6.17. The maximum Gasteiger partial charge on any atom is 0.410 e. The van der Waals surface area contributed by atoms with Crippen LogP contribution in [0.25, 0.3) is 0 Å². The average Bonchev–Trinajstić information content (AvgIpc) is 2.51. The van der Waals surface area contributed by atoms with Gasteiger partial charge in [-0.3, -0.25) is 14.5 Å². The van der Waals surface area contributed by atoms with Gasteiger partial charge in [0.15, 0.2) is 5.78 Å². The number of amides is 2. The first kappa shape index (κ1) is 21.2. The highest BCUT2D eigenvalue weighted by molar-refractivity contribution is 9.10. The molecule has 0 aliphatic carbocycles. The molecule has 0 heterocycles. The van der Waals surface area contributed by atoms with E-state index in [2.05, 4.69) is 21.2 Å². The van der Waals surface area contributed by atoms with Gasteiger partial charge >= 0.3 is 6.09 Å². The summed E-state index contributed by atoms with van der Waals surface area (Å²) in [5, 5.41) is 2.55. The van der Waals surface area contributed by atoms with Crippen LogP contribution >= 0.6 is 15.9 Å². The van der Waals surface area contributed by atoms with Crippen LogP contribution in [0.2, 0.25) is 0 Å². The van der Waals surface area contributed by atoms with Gasteiger partial charge in [0.05, 0.1) is 6.54 Å². The first-order valence-corrected chi connectivity index (χ1v) is 8.95. The molecule has 0 saturated carbocycles. The zero-order valence-electron chi connectivity index (χ0n) is 15.1. The third-order valence-corrected chi connectivity index (χ3v) is 3.62. The highest BCUT2D eigenvalue weighted by atomic mass is 79.9. The molecule has 0 fully saturated rings. The van der Waals surface area contributed by atoms with E-state index in [4.69, 9.17) is 4.74 Å². The molecule has 0 spiro atoms. The topological polar surface area (TPSA) is 75.7 Å². The Morgan fingerprint density at radius 2 is 1.76 bits per heavy atom. The number of carbonyl (C=O) groups is 3. The summed E-state index contributed by atoms with van der Waals surface area (Å²) in [6, 6.07) is 6.90. The van der Waals surface area contributed by atoms with Crippen molar-refractivity contribution < 1.29 is 19.1 Å². The first-order valence-electron chi connectivity index (χ1n) is 8.15. The molecule has 1 aromatic rings. The molecule has 2 amide bonds. The molecule has 1 rings (SSSR count). The third-order valence-electron chi connectivity index (χ3n) is 3.09. The summed E-state index contributed by atoms with van der Waals surface area (Å²) in [7, 11) is 0. The Bertz CT molecular complexity index is 608. The second kappa shape index (κ2) is 9.56. The molecule has 0 atom stereocenters. The number of ether oxygens (including phenoxy) is 1. The van der Waals surface area contributed by atoms with Crippen molar-refractivity contribution in [1.82, 2.24) is 10.2 Å². The van der Waals surface area contributed by atoms with E-state index in [1.165, 1.54) is 4.90 Å². The Labute approximate surface area is 157 Å². The van der Waals surface area contributed by atoms with Gasteiger partial charge < -0.3 is 10.1 Å². The van der Waals surface area contributed by atoms with Crippen LogP contribution in [0.1, 0.15) is 44.5 Å². The smallest absolute Gasteiger partial charge is 0.410 e. The molecule has 7 heteroatoms. The molecule has 1 N–H and O–H groups in total. The summed E-state index contributed by atoms with van der Waals surface area (Å²) in [5.41, 5.74) is -0.113. The van der Waals surface area contributed by atoms with Crippen molar-refractivity contribution >= 4 is 33.7 Å². The number of hydrogen-bond acceptors (Lipinski definition) is 4. The molecule has 0 aliphatic heterocycles. The minimum atomic E-state index is -0.628. The number of hydrogen-bond donors (Lipinski definition) is 1. The lowest BCUT2D eigenvalue weighted by Crippen LogP contribution is -2.44. The van der Waals surface area contributed by atoms with Crippen molar-refractivity contribution in [3.8, 4) is 0 Å². The Kier molecular flexibility index (Phi) is 8.09. The third kappa shape index (κ3) is 8.16. The van der Waals surface area contributed by atoms with Gasteiger partial charge in [0.2, 0.25) is 5.91 Å². The van der Waals surface area contributed by atoms with E-state index in [9.17, 15) is 14.4 Å². The summed E-state index contributed by atoms with van der Waals surface area (Å²) >= 11 is 3.30. The van der Waals surface area contributed by atoms with Crippen molar-refractivity contribution in [3.05, 3.63) is 34.3 Å². The molecule has 138 valence electrons. The van der Waals surface area contributed by atoms with Gasteiger partial charge in [0.1, 0.15) is 12.1 Å². The zero-order valence-corrected chi connectivity index (χ0v) is 16.7. The number of ketones is 1.